The molecule has 0 bridgehead atoms. The van der Waals surface area contributed by atoms with Crippen LogP contribution >= 0.6 is 11.3 Å². The number of imidazole rings is 1. The summed E-state index contributed by atoms with van der Waals surface area (Å²) < 4.78 is 23.1. The molecule has 2 heterocycles. The van der Waals surface area contributed by atoms with E-state index in [2.05, 4.69) is 21.6 Å². The van der Waals surface area contributed by atoms with Crippen LogP contribution < -0.4 is 0 Å². The molecule has 0 radical (unpaired) electrons. The molecule has 0 N–H and O–H groups in total. The fourth-order valence-corrected chi connectivity index (χ4v) is 4.99. The molecule has 0 aliphatic carbocycles. The number of ether oxygens (including phenoxy) is 4. The second-order valence-corrected chi connectivity index (χ2v) is 11.1. The van der Waals surface area contributed by atoms with Crippen molar-refractivity contribution < 1.29 is 48.4 Å². The van der Waals surface area contributed by atoms with Crippen LogP contribution in [0.15, 0.2) is 53.5 Å². The maximum atomic E-state index is 13.2. The number of nitrogens with zero attached hydrogens (tertiary/aromatic N) is 4. The smallest absolute Gasteiger partial charge is 0.338 e. The lowest BCUT2D eigenvalue weighted by Gasteiger charge is -2.13. The normalized spacial score (nSPS) is 11.2. The van der Waals surface area contributed by atoms with Gasteiger partial charge in [-0.1, -0.05) is 31.5 Å². The molecule has 48 heavy (non-hydrogen) atoms. The van der Waals surface area contributed by atoms with Crippen LogP contribution in [-0.2, 0) is 52.8 Å². The van der Waals surface area contributed by atoms with Gasteiger partial charge in [-0.25, -0.2) is 14.6 Å². The van der Waals surface area contributed by atoms with Crippen molar-refractivity contribution in [3.05, 3.63) is 101 Å². The van der Waals surface area contributed by atoms with Crippen LogP contribution in [0, 0.1) is 20.2 Å². The molecule has 0 unspecified atom stereocenters. The Kier molecular flexibility index (Phi) is 16.5. The van der Waals surface area contributed by atoms with Crippen LogP contribution in [-0.4, -0.2) is 84.5 Å². The van der Waals surface area contributed by atoms with Crippen LogP contribution in [0.1, 0.15) is 52.1 Å². The number of rotatable bonds is 24. The number of aromatic nitrogens is 2. The Morgan fingerprint density at radius 2 is 1.54 bits per heavy atom. The lowest BCUT2D eigenvalue weighted by molar-refractivity contribution is -0.758. The number of unbranched alkanes of at least 4 members (excludes halogenated alkanes) is 1. The van der Waals surface area contributed by atoms with E-state index in [1.165, 1.54) is 11.3 Å². The Morgan fingerprint density at radius 3 is 2.15 bits per heavy atom. The molecule has 0 saturated carbocycles. The molecular formula is C31H38N4O12S. The van der Waals surface area contributed by atoms with E-state index in [9.17, 15) is 29.8 Å². The highest BCUT2D eigenvalue weighted by Gasteiger charge is 2.17. The first kappa shape index (κ1) is 37.6. The average Bonchev–Trinajstić information content (AvgIpc) is 3.72. The van der Waals surface area contributed by atoms with Crippen LogP contribution in [0.25, 0.3) is 6.08 Å². The average molecular weight is 691 g/mol. The Labute approximate surface area is 280 Å². The molecule has 0 amide bonds. The van der Waals surface area contributed by atoms with E-state index >= 15 is 0 Å². The van der Waals surface area contributed by atoms with Gasteiger partial charge in [0, 0.05) is 29.8 Å². The van der Waals surface area contributed by atoms with Crippen molar-refractivity contribution in [1.29, 1.82) is 0 Å². The van der Waals surface area contributed by atoms with Gasteiger partial charge in [0.25, 0.3) is 10.2 Å². The molecule has 0 spiro atoms. The van der Waals surface area contributed by atoms with E-state index in [4.69, 9.17) is 18.9 Å². The predicted molar refractivity (Wildman–Crippen MR) is 171 cm³/mol. The number of benzene rings is 1. The lowest BCUT2D eigenvalue weighted by atomic mass is 10.1. The minimum absolute atomic E-state index is 0.00383. The summed E-state index contributed by atoms with van der Waals surface area (Å²) in [5.41, 5.74) is 2.38. The van der Waals surface area contributed by atoms with E-state index < -0.39 is 22.1 Å². The summed E-state index contributed by atoms with van der Waals surface area (Å²) in [5, 5.41) is 20.5. The summed E-state index contributed by atoms with van der Waals surface area (Å²) in [6, 6.07) is 10.8. The second-order valence-electron chi connectivity index (χ2n) is 10.0. The SMILES string of the molecule is CCCCc1ncc(C=C(Cc2cccs2)C(=O)OCCOCCO[N+](=O)[O-])n1Cc1ccc(C(=O)OCCOCCO[N+](=O)[O-])cc1. The quantitative estimate of drug-likeness (QED) is 0.0429. The van der Waals surface area contributed by atoms with Gasteiger partial charge in [-0.15, -0.1) is 31.6 Å². The van der Waals surface area contributed by atoms with Gasteiger partial charge in [-0.3, -0.25) is 0 Å². The first-order valence-electron chi connectivity index (χ1n) is 15.2. The summed E-state index contributed by atoms with van der Waals surface area (Å²) in [4.78, 5) is 60.0. The van der Waals surface area contributed by atoms with Crippen molar-refractivity contribution in [1.82, 2.24) is 9.55 Å². The maximum Gasteiger partial charge on any atom is 0.338 e. The molecule has 1 aromatic carbocycles. The van der Waals surface area contributed by atoms with Gasteiger partial charge < -0.3 is 33.2 Å². The third-order valence-electron chi connectivity index (χ3n) is 6.55. The molecule has 0 atom stereocenters. The van der Waals surface area contributed by atoms with E-state index in [0.29, 0.717) is 29.8 Å². The zero-order valence-electron chi connectivity index (χ0n) is 26.5. The first-order valence-corrected chi connectivity index (χ1v) is 16.1. The Balaban J connectivity index is 1.68. The number of esters is 2. The molecule has 16 nitrogen and oxygen atoms in total. The van der Waals surface area contributed by atoms with Gasteiger partial charge in [-0.05, 0) is 41.6 Å². The minimum Gasteiger partial charge on any atom is -0.460 e. The number of carbonyl (C=O) groups is 2. The number of hydrogen-bond donors (Lipinski definition) is 0. The fourth-order valence-electron chi connectivity index (χ4n) is 4.26. The second kappa shape index (κ2) is 21.1. The van der Waals surface area contributed by atoms with Crippen molar-refractivity contribution in [3.63, 3.8) is 0 Å². The summed E-state index contributed by atoms with van der Waals surface area (Å²) in [5.74, 6) is -0.201. The molecule has 3 aromatic rings. The fraction of sp³-hybridized carbons (Fsp3) is 0.452. The maximum absolute atomic E-state index is 13.2. The van der Waals surface area contributed by atoms with Crippen molar-refractivity contribution in [2.24, 2.45) is 0 Å². The molecule has 2 aromatic heterocycles. The number of hydrogen-bond acceptors (Lipinski definition) is 14. The molecule has 0 aliphatic rings. The predicted octanol–water partition coefficient (Wildman–Crippen LogP) is 4.11. The van der Waals surface area contributed by atoms with Crippen LogP contribution in [0.4, 0.5) is 0 Å². The van der Waals surface area contributed by atoms with Gasteiger partial charge in [0.1, 0.15) is 32.3 Å². The molecule has 17 heteroatoms. The monoisotopic (exact) mass is 690 g/mol. The zero-order valence-corrected chi connectivity index (χ0v) is 27.3. The zero-order chi connectivity index (χ0) is 34.6. The molecule has 3 rings (SSSR count). The lowest BCUT2D eigenvalue weighted by Crippen LogP contribution is -2.16. The van der Waals surface area contributed by atoms with Gasteiger partial charge in [-0.2, -0.15) is 0 Å². The first-order chi connectivity index (χ1) is 23.3. The third kappa shape index (κ3) is 13.9. The van der Waals surface area contributed by atoms with E-state index in [1.54, 1.807) is 24.4 Å². The standard InChI is InChI=1S/C31H38N4O12S/c1-2-3-6-29-32-22-27(20-26(21-28-5-4-19-48-28)31(37)45-16-12-43-14-18-47-35(40)41)33(29)23-24-7-9-25(10-8-24)30(36)44-15-11-42-13-17-46-34(38)39/h4-5,7-10,19-20,22H,2-3,6,11-18,21,23H2,1H3. The Morgan fingerprint density at radius 1 is 0.896 bits per heavy atom. The van der Waals surface area contributed by atoms with Crippen LogP contribution in [0.5, 0.6) is 0 Å². The van der Waals surface area contributed by atoms with Crippen molar-refractivity contribution in [3.8, 4) is 0 Å². The molecule has 260 valence electrons. The molecular weight excluding hydrogens is 652 g/mol. The number of thiophene rings is 1. The summed E-state index contributed by atoms with van der Waals surface area (Å²) in [7, 11) is 0. The van der Waals surface area contributed by atoms with Gasteiger partial charge in [0.15, 0.2) is 0 Å². The van der Waals surface area contributed by atoms with Crippen molar-refractivity contribution in [2.75, 3.05) is 52.9 Å². The van der Waals surface area contributed by atoms with Crippen LogP contribution in [0.3, 0.4) is 0 Å². The Bertz CT molecular complexity index is 1470. The molecule has 0 aliphatic heterocycles. The van der Waals surface area contributed by atoms with Gasteiger partial charge in [0.05, 0.1) is 43.9 Å². The molecule has 0 saturated heterocycles. The van der Waals surface area contributed by atoms with Crippen LogP contribution in [0.2, 0.25) is 0 Å². The van der Waals surface area contributed by atoms with E-state index in [-0.39, 0.29) is 52.9 Å². The topological polar surface area (TPSA) is 194 Å². The third-order valence-corrected chi connectivity index (χ3v) is 7.43. The van der Waals surface area contributed by atoms with Gasteiger partial charge in [0.2, 0.25) is 0 Å². The molecule has 0 fully saturated rings. The number of aryl methyl sites for hydroxylation is 1. The summed E-state index contributed by atoms with van der Waals surface area (Å²) in [6.07, 6.45) is 6.47. The number of carbonyl (C=O) groups excluding carboxylic acids is 2. The largest absolute Gasteiger partial charge is 0.460 e. The highest BCUT2D eigenvalue weighted by atomic mass is 32.1. The van der Waals surface area contributed by atoms with E-state index in [1.807, 2.05) is 34.2 Å². The highest BCUT2D eigenvalue weighted by Crippen LogP contribution is 2.21. The highest BCUT2D eigenvalue weighted by molar-refractivity contribution is 7.09. The van der Waals surface area contributed by atoms with Crippen molar-refractivity contribution >= 4 is 29.4 Å². The van der Waals surface area contributed by atoms with Crippen molar-refractivity contribution in [2.45, 2.75) is 39.2 Å². The Hall–Kier alpha value is -4.87. The summed E-state index contributed by atoms with van der Waals surface area (Å²) >= 11 is 1.52. The van der Waals surface area contributed by atoms with Gasteiger partial charge >= 0.3 is 11.9 Å². The van der Waals surface area contributed by atoms with E-state index in [0.717, 1.165) is 35.5 Å². The summed E-state index contributed by atoms with van der Waals surface area (Å²) in [6.45, 7) is 2.14. The minimum atomic E-state index is -0.907.